The van der Waals surface area contributed by atoms with Crippen molar-refractivity contribution >= 4 is 17.2 Å². The number of thiophene rings is 1. The summed E-state index contributed by atoms with van der Waals surface area (Å²) in [4.78, 5) is 15.6. The normalized spacial score (nSPS) is 10.5. The second kappa shape index (κ2) is 7.15. The van der Waals surface area contributed by atoms with Gasteiger partial charge in [-0.25, -0.2) is 0 Å². The van der Waals surface area contributed by atoms with Crippen LogP contribution < -0.4 is 4.74 Å². The van der Waals surface area contributed by atoms with Crippen molar-refractivity contribution in [2.75, 3.05) is 7.11 Å². The molecule has 3 aromatic rings. The number of benzene rings is 1. The fraction of sp³-hybridized carbons (Fsp3) is 0.167. The first-order chi connectivity index (χ1) is 11.3. The lowest BCUT2D eigenvalue weighted by Gasteiger charge is -2.22. The lowest BCUT2D eigenvalue weighted by molar-refractivity contribution is 0.0698. The Bertz CT molecular complexity index is 750. The Morgan fingerprint density at radius 2 is 2.00 bits per heavy atom. The van der Waals surface area contributed by atoms with Gasteiger partial charge in [-0.3, -0.25) is 4.79 Å². The SMILES string of the molecule is COc1ccccc1CN(Cc1cccs1)C(=O)c1ccco1. The van der Waals surface area contributed by atoms with Crippen molar-refractivity contribution in [3.63, 3.8) is 0 Å². The standard InChI is InChI=1S/C18H17NO3S/c1-21-16-8-3-2-6-14(16)12-19(13-15-7-5-11-23-15)18(20)17-9-4-10-22-17/h2-11H,12-13H2,1H3. The molecule has 0 unspecified atom stereocenters. The summed E-state index contributed by atoms with van der Waals surface area (Å²) >= 11 is 1.63. The van der Waals surface area contributed by atoms with Gasteiger partial charge in [-0.05, 0) is 29.6 Å². The number of hydrogen-bond acceptors (Lipinski definition) is 4. The Labute approximate surface area is 138 Å². The van der Waals surface area contributed by atoms with Crippen LogP contribution in [0.4, 0.5) is 0 Å². The van der Waals surface area contributed by atoms with Gasteiger partial charge >= 0.3 is 0 Å². The molecule has 0 saturated heterocycles. The van der Waals surface area contributed by atoms with Crippen LogP contribution in [0.5, 0.6) is 5.75 Å². The zero-order valence-corrected chi connectivity index (χ0v) is 13.6. The molecule has 0 fully saturated rings. The maximum atomic E-state index is 12.7. The summed E-state index contributed by atoms with van der Waals surface area (Å²) in [7, 11) is 1.64. The van der Waals surface area contributed by atoms with E-state index in [0.717, 1.165) is 16.2 Å². The molecule has 0 aliphatic heterocycles. The van der Waals surface area contributed by atoms with Gasteiger partial charge in [0.2, 0.25) is 0 Å². The third-order valence-electron chi connectivity index (χ3n) is 3.50. The van der Waals surface area contributed by atoms with Gasteiger partial charge < -0.3 is 14.1 Å². The first-order valence-electron chi connectivity index (χ1n) is 7.25. The van der Waals surface area contributed by atoms with Crippen molar-refractivity contribution in [2.45, 2.75) is 13.1 Å². The van der Waals surface area contributed by atoms with Gasteiger partial charge in [0.05, 0.1) is 26.5 Å². The monoisotopic (exact) mass is 327 g/mol. The highest BCUT2D eigenvalue weighted by Crippen LogP contribution is 2.23. The molecule has 0 spiro atoms. The van der Waals surface area contributed by atoms with Crippen molar-refractivity contribution in [2.24, 2.45) is 0 Å². The van der Waals surface area contributed by atoms with Crippen LogP contribution in [0.3, 0.4) is 0 Å². The molecule has 23 heavy (non-hydrogen) atoms. The van der Waals surface area contributed by atoms with E-state index in [9.17, 15) is 4.79 Å². The largest absolute Gasteiger partial charge is 0.496 e. The molecule has 1 amide bonds. The van der Waals surface area contributed by atoms with E-state index >= 15 is 0 Å². The number of furan rings is 1. The Hall–Kier alpha value is -2.53. The number of rotatable bonds is 6. The number of hydrogen-bond donors (Lipinski definition) is 0. The average molecular weight is 327 g/mol. The van der Waals surface area contributed by atoms with E-state index in [4.69, 9.17) is 9.15 Å². The third kappa shape index (κ3) is 3.63. The summed E-state index contributed by atoms with van der Waals surface area (Å²) < 4.78 is 10.7. The number of nitrogens with zero attached hydrogens (tertiary/aromatic N) is 1. The lowest BCUT2D eigenvalue weighted by atomic mass is 10.1. The summed E-state index contributed by atoms with van der Waals surface area (Å²) in [6.45, 7) is 0.997. The number of amides is 1. The fourth-order valence-corrected chi connectivity index (χ4v) is 3.10. The lowest BCUT2D eigenvalue weighted by Crippen LogP contribution is -2.29. The quantitative estimate of drug-likeness (QED) is 0.682. The van der Waals surface area contributed by atoms with E-state index in [1.807, 2.05) is 41.8 Å². The number of ether oxygens (including phenoxy) is 1. The summed E-state index contributed by atoms with van der Waals surface area (Å²) in [6.07, 6.45) is 1.51. The molecule has 0 bridgehead atoms. The van der Waals surface area contributed by atoms with E-state index in [1.165, 1.54) is 6.26 Å². The second-order valence-corrected chi connectivity index (χ2v) is 6.06. The van der Waals surface area contributed by atoms with Crippen LogP contribution in [-0.4, -0.2) is 17.9 Å². The molecule has 2 aromatic heterocycles. The van der Waals surface area contributed by atoms with E-state index in [2.05, 4.69) is 0 Å². The molecule has 4 nitrogen and oxygen atoms in total. The number of para-hydroxylation sites is 1. The zero-order chi connectivity index (χ0) is 16.1. The Kier molecular flexibility index (Phi) is 4.78. The van der Waals surface area contributed by atoms with Gasteiger partial charge in [-0.1, -0.05) is 24.3 Å². The number of carbonyl (C=O) groups excluding carboxylic acids is 1. The molecule has 3 rings (SSSR count). The van der Waals surface area contributed by atoms with Crippen molar-refractivity contribution in [1.29, 1.82) is 0 Å². The van der Waals surface area contributed by atoms with Gasteiger partial charge in [0.15, 0.2) is 5.76 Å². The smallest absolute Gasteiger partial charge is 0.290 e. The molecule has 0 atom stereocenters. The zero-order valence-electron chi connectivity index (χ0n) is 12.8. The van der Waals surface area contributed by atoms with E-state index in [0.29, 0.717) is 18.8 Å². The van der Waals surface area contributed by atoms with Crippen LogP contribution in [0.2, 0.25) is 0 Å². The summed E-state index contributed by atoms with van der Waals surface area (Å²) in [5.74, 6) is 0.988. The van der Waals surface area contributed by atoms with Crippen molar-refractivity contribution in [3.05, 3.63) is 76.4 Å². The van der Waals surface area contributed by atoms with Crippen LogP contribution in [-0.2, 0) is 13.1 Å². The first kappa shape index (κ1) is 15.4. The molecule has 1 aromatic carbocycles. The third-order valence-corrected chi connectivity index (χ3v) is 4.36. The Morgan fingerprint density at radius 3 is 2.70 bits per heavy atom. The molecular weight excluding hydrogens is 310 g/mol. The molecule has 2 heterocycles. The predicted molar refractivity (Wildman–Crippen MR) is 89.6 cm³/mol. The maximum absolute atomic E-state index is 12.7. The van der Waals surface area contributed by atoms with Crippen molar-refractivity contribution in [1.82, 2.24) is 4.90 Å². The topological polar surface area (TPSA) is 42.7 Å². The van der Waals surface area contributed by atoms with E-state index < -0.39 is 0 Å². The van der Waals surface area contributed by atoms with Gasteiger partial charge in [0.1, 0.15) is 5.75 Å². The summed E-state index contributed by atoms with van der Waals surface area (Å²) in [5.41, 5.74) is 0.964. The number of methoxy groups -OCH3 is 1. The highest BCUT2D eigenvalue weighted by Gasteiger charge is 2.20. The number of carbonyl (C=O) groups is 1. The average Bonchev–Trinajstić information content (AvgIpc) is 3.27. The molecule has 118 valence electrons. The summed E-state index contributed by atoms with van der Waals surface area (Å²) in [6, 6.07) is 15.1. The highest BCUT2D eigenvalue weighted by molar-refractivity contribution is 7.09. The predicted octanol–water partition coefficient (Wildman–Crippen LogP) is 4.19. The van der Waals surface area contributed by atoms with Crippen LogP contribution in [0.25, 0.3) is 0 Å². The van der Waals surface area contributed by atoms with Gasteiger partial charge in [-0.15, -0.1) is 11.3 Å². The van der Waals surface area contributed by atoms with Gasteiger partial charge in [-0.2, -0.15) is 0 Å². The van der Waals surface area contributed by atoms with E-state index in [-0.39, 0.29) is 5.91 Å². The van der Waals surface area contributed by atoms with Crippen LogP contribution in [0.1, 0.15) is 21.0 Å². The van der Waals surface area contributed by atoms with Gasteiger partial charge in [0, 0.05) is 10.4 Å². The second-order valence-electron chi connectivity index (χ2n) is 5.03. The first-order valence-corrected chi connectivity index (χ1v) is 8.13. The van der Waals surface area contributed by atoms with Crippen molar-refractivity contribution < 1.29 is 13.9 Å². The molecule has 0 N–H and O–H groups in total. The molecule has 0 aliphatic carbocycles. The summed E-state index contributed by atoms with van der Waals surface area (Å²) in [5, 5.41) is 2.01. The molecule has 0 radical (unpaired) electrons. The van der Waals surface area contributed by atoms with Crippen LogP contribution in [0.15, 0.2) is 64.6 Å². The van der Waals surface area contributed by atoms with Crippen LogP contribution >= 0.6 is 11.3 Å². The Balaban J connectivity index is 1.87. The minimum Gasteiger partial charge on any atom is -0.496 e. The molecular formula is C18H17NO3S. The Morgan fingerprint density at radius 1 is 1.13 bits per heavy atom. The molecule has 0 aliphatic rings. The minimum absolute atomic E-state index is 0.130. The van der Waals surface area contributed by atoms with Crippen LogP contribution in [0, 0.1) is 0 Å². The molecule has 5 heteroatoms. The maximum Gasteiger partial charge on any atom is 0.290 e. The van der Waals surface area contributed by atoms with Crippen molar-refractivity contribution in [3.8, 4) is 5.75 Å². The van der Waals surface area contributed by atoms with E-state index in [1.54, 1.807) is 35.5 Å². The molecule has 0 saturated carbocycles. The fourth-order valence-electron chi connectivity index (χ4n) is 2.39. The highest BCUT2D eigenvalue weighted by atomic mass is 32.1. The van der Waals surface area contributed by atoms with Gasteiger partial charge in [0.25, 0.3) is 5.91 Å². The minimum atomic E-state index is -0.130.